The molecular formula is C13H15FN2O3. The van der Waals surface area contributed by atoms with Gasteiger partial charge in [0.1, 0.15) is 11.9 Å². The molecule has 3 fully saturated rings. The zero-order valence-corrected chi connectivity index (χ0v) is 10.5. The van der Waals surface area contributed by atoms with Crippen LogP contribution in [0.15, 0.2) is 18.5 Å². The van der Waals surface area contributed by atoms with E-state index < -0.39 is 24.1 Å². The molecule has 1 amide bonds. The van der Waals surface area contributed by atoms with Crippen LogP contribution >= 0.6 is 0 Å². The SMILES string of the molecule is CC12CC(C1)[C@@H](C(O)c1cncc(F)c1)N2C(=O)O. The first-order valence-corrected chi connectivity index (χ1v) is 6.23. The van der Waals surface area contributed by atoms with E-state index in [0.29, 0.717) is 5.56 Å². The molecule has 0 spiro atoms. The molecule has 0 radical (unpaired) electrons. The number of carboxylic acid groups (broad SMARTS) is 1. The lowest BCUT2D eigenvalue weighted by molar-refractivity contribution is 0.0512. The molecule has 1 saturated carbocycles. The molecule has 1 aliphatic carbocycles. The van der Waals surface area contributed by atoms with Crippen LogP contribution in [-0.4, -0.2) is 37.8 Å². The average molecular weight is 266 g/mol. The molecule has 3 aliphatic rings. The summed E-state index contributed by atoms with van der Waals surface area (Å²) in [5.74, 6) is -0.394. The van der Waals surface area contributed by atoms with Crippen LogP contribution in [0.25, 0.3) is 0 Å². The standard InChI is InChI=1S/C13H15FN2O3/c1-13-3-8(4-13)10(16(13)12(18)19)11(17)7-2-9(14)6-15-5-7/h2,5-6,8,10-11,17H,3-4H2,1H3,(H,18,19)/t8?,10-,11?,13?/m0/s1. The Morgan fingerprint density at radius 1 is 1.58 bits per heavy atom. The van der Waals surface area contributed by atoms with Crippen molar-refractivity contribution in [1.29, 1.82) is 0 Å². The molecule has 1 aromatic heterocycles. The lowest BCUT2D eigenvalue weighted by Gasteiger charge is -2.37. The molecule has 6 heteroatoms. The van der Waals surface area contributed by atoms with Gasteiger partial charge in [-0.05, 0) is 31.7 Å². The quantitative estimate of drug-likeness (QED) is 0.855. The molecule has 4 rings (SSSR count). The van der Waals surface area contributed by atoms with Crippen molar-refractivity contribution >= 4 is 6.09 Å². The van der Waals surface area contributed by atoms with Crippen molar-refractivity contribution in [3.63, 3.8) is 0 Å². The molecule has 3 heterocycles. The first-order chi connectivity index (χ1) is 8.92. The van der Waals surface area contributed by atoms with Crippen molar-refractivity contribution in [2.45, 2.75) is 37.5 Å². The number of pyridine rings is 1. The van der Waals surface area contributed by atoms with Gasteiger partial charge in [0, 0.05) is 17.3 Å². The van der Waals surface area contributed by atoms with Crippen LogP contribution in [0.5, 0.6) is 0 Å². The molecule has 2 bridgehead atoms. The van der Waals surface area contributed by atoms with Crippen LogP contribution in [0.4, 0.5) is 9.18 Å². The van der Waals surface area contributed by atoms with Crippen LogP contribution < -0.4 is 0 Å². The Morgan fingerprint density at radius 3 is 2.84 bits per heavy atom. The highest BCUT2D eigenvalue weighted by Crippen LogP contribution is 2.57. The summed E-state index contributed by atoms with van der Waals surface area (Å²) < 4.78 is 13.1. The largest absolute Gasteiger partial charge is 0.465 e. The third-order valence-electron chi connectivity index (χ3n) is 4.36. The van der Waals surface area contributed by atoms with Crippen LogP contribution in [0.3, 0.4) is 0 Å². The predicted octanol–water partition coefficient (Wildman–Crippen LogP) is 1.78. The van der Waals surface area contributed by atoms with Gasteiger partial charge in [-0.2, -0.15) is 0 Å². The summed E-state index contributed by atoms with van der Waals surface area (Å²) in [6, 6.07) is 0.696. The molecule has 19 heavy (non-hydrogen) atoms. The number of carbonyl (C=O) groups is 1. The second-order valence-electron chi connectivity index (χ2n) is 5.69. The zero-order valence-electron chi connectivity index (χ0n) is 10.5. The van der Waals surface area contributed by atoms with Crippen LogP contribution in [-0.2, 0) is 0 Å². The monoisotopic (exact) mass is 266 g/mol. The van der Waals surface area contributed by atoms with Crippen molar-refractivity contribution in [2.75, 3.05) is 0 Å². The predicted molar refractivity (Wildman–Crippen MR) is 63.9 cm³/mol. The first-order valence-electron chi connectivity index (χ1n) is 6.23. The highest BCUT2D eigenvalue weighted by atomic mass is 19.1. The highest BCUT2D eigenvalue weighted by molar-refractivity contribution is 5.68. The fourth-order valence-electron chi connectivity index (χ4n) is 3.62. The Hall–Kier alpha value is -1.69. The molecule has 1 unspecified atom stereocenters. The maximum absolute atomic E-state index is 13.1. The van der Waals surface area contributed by atoms with E-state index in [1.807, 2.05) is 6.92 Å². The summed E-state index contributed by atoms with van der Waals surface area (Å²) >= 11 is 0. The molecule has 2 N–H and O–H groups in total. The van der Waals surface area contributed by atoms with Gasteiger partial charge in [-0.1, -0.05) is 0 Å². The minimum absolute atomic E-state index is 0.138. The number of aliphatic hydroxyl groups excluding tert-OH is 1. The average Bonchev–Trinajstić information content (AvgIpc) is 2.76. The van der Waals surface area contributed by atoms with Crippen molar-refractivity contribution in [2.24, 2.45) is 5.92 Å². The van der Waals surface area contributed by atoms with E-state index in [2.05, 4.69) is 4.98 Å². The summed E-state index contributed by atoms with van der Waals surface area (Å²) in [7, 11) is 0. The van der Waals surface area contributed by atoms with E-state index in [1.54, 1.807) is 0 Å². The Kier molecular flexibility index (Phi) is 2.53. The van der Waals surface area contributed by atoms with E-state index in [9.17, 15) is 19.4 Å². The third kappa shape index (κ3) is 1.70. The number of hydrogen-bond acceptors (Lipinski definition) is 3. The molecule has 0 aromatic carbocycles. The maximum atomic E-state index is 13.1. The fraction of sp³-hybridized carbons (Fsp3) is 0.538. The highest BCUT2D eigenvalue weighted by Gasteiger charge is 2.62. The van der Waals surface area contributed by atoms with E-state index in [-0.39, 0.29) is 11.5 Å². The number of halogens is 1. The summed E-state index contributed by atoms with van der Waals surface area (Å²) in [6.45, 7) is 1.88. The summed E-state index contributed by atoms with van der Waals surface area (Å²) in [5.41, 5.74) is -0.0597. The van der Waals surface area contributed by atoms with E-state index in [0.717, 1.165) is 19.0 Å². The van der Waals surface area contributed by atoms with Crippen molar-refractivity contribution < 1.29 is 19.4 Å². The Bertz CT molecular complexity index is 530. The maximum Gasteiger partial charge on any atom is 0.408 e. The molecule has 102 valence electrons. The van der Waals surface area contributed by atoms with Crippen LogP contribution in [0, 0.1) is 11.7 Å². The van der Waals surface area contributed by atoms with Gasteiger partial charge in [0.2, 0.25) is 0 Å². The van der Waals surface area contributed by atoms with Crippen LogP contribution in [0.1, 0.15) is 31.4 Å². The summed E-state index contributed by atoms with van der Waals surface area (Å²) in [6.07, 6.45) is 1.88. The van der Waals surface area contributed by atoms with E-state index in [1.165, 1.54) is 17.2 Å². The van der Waals surface area contributed by atoms with E-state index in [4.69, 9.17) is 0 Å². The van der Waals surface area contributed by atoms with Crippen LogP contribution in [0.2, 0.25) is 0 Å². The zero-order chi connectivity index (χ0) is 13.8. The number of aliphatic hydroxyl groups is 1. The van der Waals surface area contributed by atoms with Crippen molar-refractivity contribution in [3.8, 4) is 0 Å². The van der Waals surface area contributed by atoms with Gasteiger partial charge in [0.05, 0.1) is 12.2 Å². The number of fused-ring (bicyclic) bond motifs is 1. The van der Waals surface area contributed by atoms with E-state index >= 15 is 0 Å². The Morgan fingerprint density at radius 2 is 2.26 bits per heavy atom. The third-order valence-corrected chi connectivity index (χ3v) is 4.36. The normalized spacial score (nSPS) is 33.9. The Labute approximate surface area is 109 Å². The van der Waals surface area contributed by atoms with Gasteiger partial charge in [-0.25, -0.2) is 9.18 Å². The summed E-state index contributed by atoms with van der Waals surface area (Å²) in [4.78, 5) is 16.4. The molecule has 2 saturated heterocycles. The number of nitrogens with zero attached hydrogens (tertiary/aromatic N) is 2. The Balaban J connectivity index is 1.92. The van der Waals surface area contributed by atoms with Gasteiger partial charge >= 0.3 is 6.09 Å². The van der Waals surface area contributed by atoms with Gasteiger partial charge in [-0.15, -0.1) is 0 Å². The fourth-order valence-corrected chi connectivity index (χ4v) is 3.62. The molecule has 1 aromatic rings. The number of rotatable bonds is 2. The van der Waals surface area contributed by atoms with Gasteiger partial charge in [-0.3, -0.25) is 9.88 Å². The number of hydrogen-bond donors (Lipinski definition) is 2. The second kappa shape index (κ2) is 3.90. The lowest BCUT2D eigenvalue weighted by Crippen LogP contribution is -2.47. The minimum Gasteiger partial charge on any atom is -0.465 e. The first kappa shape index (κ1) is 12.3. The van der Waals surface area contributed by atoms with Gasteiger partial charge < -0.3 is 10.2 Å². The van der Waals surface area contributed by atoms with Crippen molar-refractivity contribution in [3.05, 3.63) is 29.8 Å². The minimum atomic E-state index is -1.03. The topological polar surface area (TPSA) is 73.7 Å². The molecule has 2 atom stereocenters. The smallest absolute Gasteiger partial charge is 0.408 e. The van der Waals surface area contributed by atoms with Gasteiger partial charge in [0.25, 0.3) is 0 Å². The molecular weight excluding hydrogens is 251 g/mol. The second-order valence-corrected chi connectivity index (χ2v) is 5.69. The number of amides is 1. The summed E-state index contributed by atoms with van der Waals surface area (Å²) in [5, 5.41) is 19.7. The van der Waals surface area contributed by atoms with Crippen molar-refractivity contribution in [1.82, 2.24) is 9.88 Å². The number of aromatic nitrogens is 1. The molecule has 2 aliphatic heterocycles. The lowest BCUT2D eigenvalue weighted by atomic mass is 9.72. The molecule has 5 nitrogen and oxygen atoms in total. The van der Waals surface area contributed by atoms with Gasteiger partial charge in [0.15, 0.2) is 0 Å².